The number of thiazole rings is 1. The SMILES string of the molecule is CSCc1nc(-c2cccc(Br)c2)c(C)s1. The van der Waals surface area contributed by atoms with Crippen LogP contribution in [0.15, 0.2) is 28.7 Å². The van der Waals surface area contributed by atoms with E-state index in [-0.39, 0.29) is 0 Å². The molecule has 0 bridgehead atoms. The van der Waals surface area contributed by atoms with Crippen molar-refractivity contribution in [1.82, 2.24) is 4.98 Å². The Hall–Kier alpha value is -0.320. The van der Waals surface area contributed by atoms with Gasteiger partial charge in [-0.2, -0.15) is 11.8 Å². The third-order valence-electron chi connectivity index (χ3n) is 2.21. The van der Waals surface area contributed by atoms with Crippen molar-refractivity contribution in [3.05, 3.63) is 38.6 Å². The van der Waals surface area contributed by atoms with Gasteiger partial charge in [0.05, 0.1) is 5.69 Å². The van der Waals surface area contributed by atoms with Crippen LogP contribution < -0.4 is 0 Å². The first-order valence-corrected chi connectivity index (χ1v) is 7.92. The van der Waals surface area contributed by atoms with Crippen LogP contribution in [0.2, 0.25) is 0 Å². The van der Waals surface area contributed by atoms with E-state index in [0.717, 1.165) is 15.9 Å². The molecule has 16 heavy (non-hydrogen) atoms. The van der Waals surface area contributed by atoms with Crippen molar-refractivity contribution in [2.45, 2.75) is 12.7 Å². The number of thioether (sulfide) groups is 1. The van der Waals surface area contributed by atoms with Gasteiger partial charge < -0.3 is 0 Å². The lowest BCUT2D eigenvalue weighted by atomic mass is 10.1. The van der Waals surface area contributed by atoms with Crippen molar-refractivity contribution >= 4 is 39.0 Å². The molecule has 0 atom stereocenters. The summed E-state index contributed by atoms with van der Waals surface area (Å²) in [6, 6.07) is 8.31. The van der Waals surface area contributed by atoms with Crippen LogP contribution in [0.4, 0.5) is 0 Å². The van der Waals surface area contributed by atoms with Crippen molar-refractivity contribution in [2.75, 3.05) is 6.26 Å². The van der Waals surface area contributed by atoms with Crippen LogP contribution in [0.1, 0.15) is 9.88 Å². The molecule has 2 aromatic rings. The third kappa shape index (κ3) is 2.67. The Bertz CT molecular complexity index is 494. The molecule has 2 rings (SSSR count). The smallest absolute Gasteiger partial charge is 0.103 e. The summed E-state index contributed by atoms with van der Waals surface area (Å²) in [5, 5.41) is 1.21. The lowest BCUT2D eigenvalue weighted by Crippen LogP contribution is -1.82. The topological polar surface area (TPSA) is 12.9 Å². The second-order valence-electron chi connectivity index (χ2n) is 3.46. The first-order valence-electron chi connectivity index (χ1n) is 4.92. The minimum Gasteiger partial charge on any atom is -0.240 e. The highest BCUT2D eigenvalue weighted by molar-refractivity contribution is 9.10. The maximum Gasteiger partial charge on any atom is 0.103 e. The van der Waals surface area contributed by atoms with E-state index >= 15 is 0 Å². The van der Waals surface area contributed by atoms with E-state index in [1.54, 1.807) is 11.3 Å². The summed E-state index contributed by atoms with van der Waals surface area (Å²) < 4.78 is 1.10. The molecule has 0 unspecified atom stereocenters. The van der Waals surface area contributed by atoms with Crippen molar-refractivity contribution in [2.24, 2.45) is 0 Å². The number of hydrogen-bond acceptors (Lipinski definition) is 3. The number of aryl methyl sites for hydroxylation is 1. The summed E-state index contributed by atoms with van der Waals surface area (Å²) in [6.45, 7) is 2.14. The normalized spacial score (nSPS) is 10.7. The molecular formula is C12H12BrNS2. The van der Waals surface area contributed by atoms with Crippen LogP contribution in [0.25, 0.3) is 11.3 Å². The van der Waals surface area contributed by atoms with Gasteiger partial charge in [0.15, 0.2) is 0 Å². The molecule has 0 amide bonds. The molecule has 0 radical (unpaired) electrons. The molecule has 0 aliphatic rings. The molecule has 0 aliphatic carbocycles. The molecular weight excluding hydrogens is 302 g/mol. The van der Waals surface area contributed by atoms with Crippen LogP contribution in [0, 0.1) is 6.92 Å². The summed E-state index contributed by atoms with van der Waals surface area (Å²) in [7, 11) is 0. The summed E-state index contributed by atoms with van der Waals surface area (Å²) in [5.41, 5.74) is 2.31. The molecule has 0 N–H and O–H groups in total. The summed E-state index contributed by atoms with van der Waals surface area (Å²) in [5.74, 6) is 1.000. The standard InChI is InChI=1S/C12H12BrNS2/c1-8-12(14-11(16-8)7-15-2)9-4-3-5-10(13)6-9/h3-6H,7H2,1-2H3. The summed E-state index contributed by atoms with van der Waals surface area (Å²) in [6.07, 6.45) is 2.11. The minimum atomic E-state index is 1.000. The van der Waals surface area contributed by atoms with Gasteiger partial charge in [0.1, 0.15) is 5.01 Å². The van der Waals surface area contributed by atoms with E-state index in [2.05, 4.69) is 46.2 Å². The Morgan fingerprint density at radius 2 is 2.25 bits per heavy atom. The average molecular weight is 314 g/mol. The van der Waals surface area contributed by atoms with Crippen molar-refractivity contribution in [3.63, 3.8) is 0 Å². The second kappa shape index (κ2) is 5.34. The van der Waals surface area contributed by atoms with E-state index in [4.69, 9.17) is 0 Å². The van der Waals surface area contributed by atoms with Gasteiger partial charge in [0.25, 0.3) is 0 Å². The molecule has 1 aromatic carbocycles. The second-order valence-corrected chi connectivity index (χ2v) is 6.53. The maximum atomic E-state index is 4.69. The van der Waals surface area contributed by atoms with Crippen LogP contribution in [0.3, 0.4) is 0 Å². The van der Waals surface area contributed by atoms with Crippen LogP contribution in [-0.4, -0.2) is 11.2 Å². The fourth-order valence-corrected chi connectivity index (χ4v) is 3.59. The van der Waals surface area contributed by atoms with Crippen molar-refractivity contribution in [3.8, 4) is 11.3 Å². The van der Waals surface area contributed by atoms with Gasteiger partial charge in [-0.25, -0.2) is 4.98 Å². The average Bonchev–Trinajstić information content (AvgIpc) is 2.60. The number of aromatic nitrogens is 1. The van der Waals surface area contributed by atoms with E-state index in [1.807, 2.05) is 23.9 Å². The van der Waals surface area contributed by atoms with Gasteiger partial charge >= 0.3 is 0 Å². The van der Waals surface area contributed by atoms with Gasteiger partial charge in [-0.1, -0.05) is 28.1 Å². The zero-order valence-corrected chi connectivity index (χ0v) is 12.4. The monoisotopic (exact) mass is 313 g/mol. The number of hydrogen-bond donors (Lipinski definition) is 0. The molecule has 4 heteroatoms. The van der Waals surface area contributed by atoms with Gasteiger partial charge in [0.2, 0.25) is 0 Å². The minimum absolute atomic E-state index is 1.000. The number of halogens is 1. The Morgan fingerprint density at radius 3 is 2.94 bits per heavy atom. The first-order chi connectivity index (χ1) is 7.70. The van der Waals surface area contributed by atoms with Gasteiger partial charge in [-0.15, -0.1) is 11.3 Å². The molecule has 0 aliphatic heterocycles. The number of rotatable bonds is 3. The van der Waals surface area contributed by atoms with Crippen LogP contribution in [-0.2, 0) is 5.75 Å². The molecule has 1 heterocycles. The van der Waals surface area contributed by atoms with Crippen molar-refractivity contribution in [1.29, 1.82) is 0 Å². The van der Waals surface area contributed by atoms with E-state index in [9.17, 15) is 0 Å². The van der Waals surface area contributed by atoms with Gasteiger partial charge in [-0.3, -0.25) is 0 Å². The Labute approximate surface area is 112 Å². The zero-order valence-electron chi connectivity index (χ0n) is 9.16. The van der Waals surface area contributed by atoms with Crippen LogP contribution >= 0.6 is 39.0 Å². The lowest BCUT2D eigenvalue weighted by molar-refractivity contribution is 1.26. The highest BCUT2D eigenvalue weighted by Gasteiger charge is 2.09. The molecule has 84 valence electrons. The fourth-order valence-electron chi connectivity index (χ4n) is 1.54. The Balaban J connectivity index is 2.40. The molecule has 0 spiro atoms. The highest BCUT2D eigenvalue weighted by atomic mass is 79.9. The Morgan fingerprint density at radius 1 is 1.44 bits per heavy atom. The zero-order chi connectivity index (χ0) is 11.5. The predicted molar refractivity (Wildman–Crippen MR) is 77.2 cm³/mol. The quantitative estimate of drug-likeness (QED) is 0.811. The third-order valence-corrected chi connectivity index (χ3v) is 4.42. The molecule has 0 saturated heterocycles. The highest BCUT2D eigenvalue weighted by Crippen LogP contribution is 2.30. The van der Waals surface area contributed by atoms with E-state index in [0.29, 0.717) is 0 Å². The maximum absolute atomic E-state index is 4.69. The lowest BCUT2D eigenvalue weighted by Gasteiger charge is -1.98. The number of benzene rings is 1. The van der Waals surface area contributed by atoms with Gasteiger partial charge in [-0.05, 0) is 25.3 Å². The summed E-state index contributed by atoms with van der Waals surface area (Å²) >= 11 is 7.10. The molecule has 0 saturated carbocycles. The first kappa shape index (κ1) is 12.1. The van der Waals surface area contributed by atoms with Crippen LogP contribution in [0.5, 0.6) is 0 Å². The van der Waals surface area contributed by atoms with E-state index < -0.39 is 0 Å². The molecule has 0 fully saturated rings. The predicted octanol–water partition coefficient (Wildman–Crippen LogP) is 4.74. The van der Waals surface area contributed by atoms with E-state index in [1.165, 1.54) is 15.4 Å². The molecule has 1 aromatic heterocycles. The van der Waals surface area contributed by atoms with Crippen molar-refractivity contribution < 1.29 is 0 Å². The largest absolute Gasteiger partial charge is 0.240 e. The fraction of sp³-hybridized carbons (Fsp3) is 0.250. The molecule has 1 nitrogen and oxygen atoms in total. The number of nitrogens with zero attached hydrogens (tertiary/aromatic N) is 1. The summed E-state index contributed by atoms with van der Waals surface area (Å²) in [4.78, 5) is 5.98. The van der Waals surface area contributed by atoms with Gasteiger partial charge in [0, 0.05) is 20.7 Å². The Kier molecular flexibility index (Phi) is 4.05.